The summed E-state index contributed by atoms with van der Waals surface area (Å²) in [6.07, 6.45) is 7.01. The van der Waals surface area contributed by atoms with Gasteiger partial charge in [0.05, 0.1) is 11.8 Å². The molecule has 0 aromatic heterocycles. The van der Waals surface area contributed by atoms with E-state index < -0.39 is 31.1 Å². The Morgan fingerprint density at radius 2 is 1.48 bits per heavy atom. The van der Waals surface area contributed by atoms with Gasteiger partial charge in [-0.1, -0.05) is 25.7 Å². The molecule has 3 aliphatic rings. The van der Waals surface area contributed by atoms with Gasteiger partial charge in [-0.25, -0.2) is 4.79 Å². The normalized spacial score (nSPS) is 25.3. The first-order valence-corrected chi connectivity index (χ1v) is 9.57. The summed E-state index contributed by atoms with van der Waals surface area (Å²) in [7, 11) is 0. The number of carbonyl (C=O) groups is 5. The van der Waals surface area contributed by atoms with Crippen LogP contribution >= 0.6 is 0 Å². The number of fused-ring (bicyclic) bond motifs is 1. The van der Waals surface area contributed by atoms with Gasteiger partial charge in [0.2, 0.25) is 11.8 Å². The van der Waals surface area contributed by atoms with E-state index in [0.29, 0.717) is 12.8 Å². The van der Waals surface area contributed by atoms with Gasteiger partial charge in [-0.2, -0.15) is 0 Å². The highest BCUT2D eigenvalue weighted by atomic mass is 16.5. The topological polar surface area (TPSA) is 122 Å². The molecule has 148 valence electrons. The molecule has 3 rings (SSSR count). The average molecular weight is 379 g/mol. The summed E-state index contributed by atoms with van der Waals surface area (Å²) in [5, 5.41) is 4.79. The van der Waals surface area contributed by atoms with Crippen molar-refractivity contribution in [2.24, 2.45) is 11.8 Å². The quantitative estimate of drug-likeness (QED) is 0.529. The first kappa shape index (κ1) is 19.3. The summed E-state index contributed by atoms with van der Waals surface area (Å²) >= 11 is 0. The molecule has 1 heterocycles. The molecule has 0 unspecified atom stereocenters. The minimum Gasteiger partial charge on any atom is -0.454 e. The molecule has 2 N–H and O–H groups in total. The number of likely N-dealkylation sites (tertiary alicyclic amines) is 1. The van der Waals surface area contributed by atoms with Crippen molar-refractivity contribution in [2.75, 3.05) is 13.2 Å². The molecule has 2 atom stereocenters. The molecule has 0 spiro atoms. The monoisotopic (exact) mass is 379 g/mol. The van der Waals surface area contributed by atoms with E-state index in [9.17, 15) is 24.0 Å². The van der Waals surface area contributed by atoms with Crippen molar-refractivity contribution < 1.29 is 28.7 Å². The lowest BCUT2D eigenvalue weighted by molar-refractivity contribution is -0.154. The number of nitrogens with zero attached hydrogens (tertiary/aromatic N) is 1. The summed E-state index contributed by atoms with van der Waals surface area (Å²) in [4.78, 5) is 60.8. The number of rotatable bonds is 5. The van der Waals surface area contributed by atoms with E-state index in [2.05, 4.69) is 10.6 Å². The average Bonchev–Trinajstić information content (AvgIpc) is 3.23. The van der Waals surface area contributed by atoms with Crippen LogP contribution in [0.1, 0.15) is 51.4 Å². The fourth-order valence-corrected chi connectivity index (χ4v) is 4.16. The molecule has 5 amide bonds. The van der Waals surface area contributed by atoms with Crippen LogP contribution in [0.25, 0.3) is 0 Å². The minimum atomic E-state index is -0.846. The third-order valence-corrected chi connectivity index (χ3v) is 5.53. The van der Waals surface area contributed by atoms with Crippen LogP contribution in [-0.2, 0) is 23.9 Å². The SMILES string of the molecule is O=C(COC(=O)CN1C(=O)[C@@H]2CCCC[C@H]2C1=O)NC(=O)NC1CCCC1. The molecular formula is C18H25N3O6. The zero-order chi connectivity index (χ0) is 19.4. The van der Waals surface area contributed by atoms with Crippen molar-refractivity contribution in [2.45, 2.75) is 57.4 Å². The van der Waals surface area contributed by atoms with Crippen molar-refractivity contribution in [3.05, 3.63) is 0 Å². The second-order valence-electron chi connectivity index (χ2n) is 7.42. The summed E-state index contributed by atoms with van der Waals surface area (Å²) in [6.45, 7) is -1.13. The highest BCUT2D eigenvalue weighted by Gasteiger charge is 2.48. The van der Waals surface area contributed by atoms with Gasteiger partial charge in [0, 0.05) is 6.04 Å². The summed E-state index contributed by atoms with van der Waals surface area (Å²) in [5.74, 6) is -2.93. The van der Waals surface area contributed by atoms with E-state index in [1.807, 2.05) is 0 Å². The van der Waals surface area contributed by atoms with Crippen molar-refractivity contribution in [3.8, 4) is 0 Å². The standard InChI is InChI=1S/C18H25N3O6/c22-14(20-18(26)19-11-5-1-2-6-11)10-27-15(23)9-21-16(24)12-7-3-4-8-13(12)17(21)25/h11-13H,1-10H2,(H2,19,20,22,26)/t12-,13-/m1/s1. The maximum absolute atomic E-state index is 12.3. The predicted octanol–water partition coefficient (Wildman–Crippen LogP) is 0.473. The first-order chi connectivity index (χ1) is 13.0. The Hall–Kier alpha value is -2.45. The van der Waals surface area contributed by atoms with E-state index in [4.69, 9.17) is 4.74 Å². The smallest absolute Gasteiger partial charge is 0.326 e. The fraction of sp³-hybridized carbons (Fsp3) is 0.722. The Labute approximate surface area is 157 Å². The maximum atomic E-state index is 12.3. The molecule has 1 aliphatic heterocycles. The second-order valence-corrected chi connectivity index (χ2v) is 7.42. The zero-order valence-electron chi connectivity index (χ0n) is 15.2. The third-order valence-electron chi connectivity index (χ3n) is 5.53. The van der Waals surface area contributed by atoms with E-state index in [1.54, 1.807) is 0 Å². The van der Waals surface area contributed by atoms with Crippen LogP contribution in [0, 0.1) is 11.8 Å². The lowest BCUT2D eigenvalue weighted by Gasteiger charge is -2.19. The van der Waals surface area contributed by atoms with Crippen molar-refractivity contribution >= 4 is 29.7 Å². The number of ether oxygens (including phenoxy) is 1. The van der Waals surface area contributed by atoms with Crippen LogP contribution in [-0.4, -0.2) is 53.8 Å². The lowest BCUT2D eigenvalue weighted by Crippen LogP contribution is -2.45. The number of hydrogen-bond donors (Lipinski definition) is 2. The molecular weight excluding hydrogens is 354 g/mol. The molecule has 3 fully saturated rings. The molecule has 2 saturated carbocycles. The molecule has 0 bridgehead atoms. The Kier molecular flexibility index (Phi) is 6.08. The van der Waals surface area contributed by atoms with Crippen molar-refractivity contribution in [1.29, 1.82) is 0 Å². The van der Waals surface area contributed by atoms with Crippen LogP contribution in [0.4, 0.5) is 4.79 Å². The highest BCUT2D eigenvalue weighted by molar-refractivity contribution is 6.07. The second kappa shape index (κ2) is 8.49. The van der Waals surface area contributed by atoms with E-state index in [1.165, 1.54) is 0 Å². The summed E-state index contributed by atoms with van der Waals surface area (Å²) in [6, 6.07) is -0.548. The third kappa shape index (κ3) is 4.64. The fourth-order valence-electron chi connectivity index (χ4n) is 4.16. The minimum absolute atomic E-state index is 0.0658. The molecule has 9 heteroatoms. The lowest BCUT2D eigenvalue weighted by atomic mass is 9.81. The zero-order valence-corrected chi connectivity index (χ0v) is 15.2. The number of carbonyl (C=O) groups excluding carboxylic acids is 5. The van der Waals surface area contributed by atoms with Gasteiger partial charge in [-0.15, -0.1) is 0 Å². The van der Waals surface area contributed by atoms with E-state index in [-0.39, 0.29) is 29.7 Å². The van der Waals surface area contributed by atoms with E-state index in [0.717, 1.165) is 43.4 Å². The Morgan fingerprint density at radius 1 is 0.926 bits per heavy atom. The molecule has 1 saturated heterocycles. The largest absolute Gasteiger partial charge is 0.454 e. The number of amides is 5. The van der Waals surface area contributed by atoms with Crippen LogP contribution < -0.4 is 10.6 Å². The number of urea groups is 1. The molecule has 0 aromatic rings. The van der Waals surface area contributed by atoms with Gasteiger partial charge in [0.15, 0.2) is 6.61 Å². The van der Waals surface area contributed by atoms with Crippen LogP contribution in [0.3, 0.4) is 0 Å². The van der Waals surface area contributed by atoms with Gasteiger partial charge in [-0.05, 0) is 25.7 Å². The summed E-state index contributed by atoms with van der Waals surface area (Å²) in [5.41, 5.74) is 0. The number of hydrogen-bond acceptors (Lipinski definition) is 6. The number of imide groups is 2. The molecule has 0 radical (unpaired) electrons. The maximum Gasteiger partial charge on any atom is 0.326 e. The Morgan fingerprint density at radius 3 is 2.07 bits per heavy atom. The molecule has 9 nitrogen and oxygen atoms in total. The molecule has 27 heavy (non-hydrogen) atoms. The Bertz CT molecular complexity index is 619. The van der Waals surface area contributed by atoms with Crippen LogP contribution in [0.5, 0.6) is 0 Å². The van der Waals surface area contributed by atoms with Crippen molar-refractivity contribution in [3.63, 3.8) is 0 Å². The van der Waals surface area contributed by atoms with Gasteiger partial charge in [-0.3, -0.25) is 29.4 Å². The van der Waals surface area contributed by atoms with Gasteiger partial charge < -0.3 is 10.1 Å². The first-order valence-electron chi connectivity index (χ1n) is 9.57. The van der Waals surface area contributed by atoms with Gasteiger partial charge in [0.1, 0.15) is 6.54 Å². The number of esters is 1. The van der Waals surface area contributed by atoms with Gasteiger partial charge in [0.25, 0.3) is 5.91 Å². The van der Waals surface area contributed by atoms with Crippen LogP contribution in [0.2, 0.25) is 0 Å². The van der Waals surface area contributed by atoms with E-state index >= 15 is 0 Å². The summed E-state index contributed by atoms with van der Waals surface area (Å²) < 4.78 is 4.81. The predicted molar refractivity (Wildman–Crippen MR) is 92.1 cm³/mol. The molecule has 0 aromatic carbocycles. The number of nitrogens with one attached hydrogen (secondary N) is 2. The molecule has 2 aliphatic carbocycles. The highest BCUT2D eigenvalue weighted by Crippen LogP contribution is 2.37. The van der Waals surface area contributed by atoms with Gasteiger partial charge >= 0.3 is 12.0 Å². The van der Waals surface area contributed by atoms with Crippen LogP contribution in [0.15, 0.2) is 0 Å². The van der Waals surface area contributed by atoms with Crippen molar-refractivity contribution in [1.82, 2.24) is 15.5 Å². The Balaban J connectivity index is 1.40.